The second kappa shape index (κ2) is 8.48. The molecule has 0 unspecified atom stereocenters. The minimum Gasteiger partial charge on any atom is -0.338 e. The summed E-state index contributed by atoms with van der Waals surface area (Å²) in [5, 5.41) is 0. The topological polar surface area (TPSA) is 28.7 Å². The summed E-state index contributed by atoms with van der Waals surface area (Å²) < 4.78 is 0. The van der Waals surface area contributed by atoms with Gasteiger partial charge in [0.2, 0.25) is 0 Å². The molecule has 0 aliphatic carbocycles. The monoisotopic (exact) mass is 342 g/mol. The number of rotatable bonds is 6. The second-order valence-electron chi connectivity index (χ2n) is 6.89. The van der Waals surface area contributed by atoms with Gasteiger partial charge in [-0.25, -0.2) is 4.98 Å². The molecule has 1 heterocycles. The molecule has 0 aliphatic rings. The van der Waals surface area contributed by atoms with Crippen LogP contribution in [0.2, 0.25) is 0 Å². The Morgan fingerprint density at radius 1 is 0.885 bits per heavy atom. The van der Waals surface area contributed by atoms with Crippen LogP contribution in [-0.2, 0) is 0 Å². The Kier molecular flexibility index (Phi) is 5.85. The number of allylic oxidation sites excluding steroid dienone is 3. The molecule has 0 radical (unpaired) electrons. The van der Waals surface area contributed by atoms with Crippen LogP contribution in [0.15, 0.2) is 77.9 Å². The Bertz CT molecular complexity index is 839. The van der Waals surface area contributed by atoms with Crippen LogP contribution >= 0.6 is 0 Å². The minimum absolute atomic E-state index is 0.914. The molecule has 2 nitrogen and oxygen atoms in total. The number of imidazole rings is 1. The molecule has 0 spiro atoms. The van der Waals surface area contributed by atoms with E-state index in [1.54, 1.807) is 0 Å². The first kappa shape index (κ1) is 17.9. The third kappa shape index (κ3) is 4.60. The maximum atomic E-state index is 4.89. The summed E-state index contributed by atoms with van der Waals surface area (Å²) in [6, 6.07) is 20.8. The first-order chi connectivity index (χ1) is 12.6. The van der Waals surface area contributed by atoms with Gasteiger partial charge in [-0.15, -0.1) is 0 Å². The van der Waals surface area contributed by atoms with Crippen molar-refractivity contribution in [3.63, 3.8) is 0 Å². The van der Waals surface area contributed by atoms with Gasteiger partial charge in [-0.05, 0) is 39.7 Å². The molecule has 0 aliphatic heterocycles. The molecule has 0 atom stereocenters. The van der Waals surface area contributed by atoms with Gasteiger partial charge < -0.3 is 4.98 Å². The summed E-state index contributed by atoms with van der Waals surface area (Å²) in [6.07, 6.45) is 6.57. The van der Waals surface area contributed by atoms with E-state index in [0.29, 0.717) is 0 Å². The second-order valence-corrected chi connectivity index (χ2v) is 6.89. The zero-order valence-corrected chi connectivity index (χ0v) is 15.8. The van der Waals surface area contributed by atoms with Crippen LogP contribution in [-0.4, -0.2) is 9.97 Å². The number of H-pyrrole nitrogens is 1. The number of benzene rings is 2. The first-order valence-electron chi connectivity index (χ1n) is 9.15. The maximum Gasteiger partial charge on any atom is 0.131 e. The van der Waals surface area contributed by atoms with Gasteiger partial charge in [0.25, 0.3) is 0 Å². The molecule has 3 rings (SSSR count). The van der Waals surface area contributed by atoms with Gasteiger partial charge in [-0.3, -0.25) is 0 Å². The van der Waals surface area contributed by atoms with Gasteiger partial charge in [0.15, 0.2) is 0 Å². The zero-order valence-electron chi connectivity index (χ0n) is 15.8. The summed E-state index contributed by atoms with van der Waals surface area (Å²) in [7, 11) is 0. The van der Waals surface area contributed by atoms with Gasteiger partial charge >= 0.3 is 0 Å². The Morgan fingerprint density at radius 3 is 2.12 bits per heavy atom. The van der Waals surface area contributed by atoms with Gasteiger partial charge in [0.05, 0.1) is 11.4 Å². The molecule has 26 heavy (non-hydrogen) atoms. The predicted molar refractivity (Wildman–Crippen MR) is 112 cm³/mol. The van der Waals surface area contributed by atoms with Crippen LogP contribution in [0.4, 0.5) is 0 Å². The maximum absolute atomic E-state index is 4.89. The van der Waals surface area contributed by atoms with E-state index in [2.05, 4.69) is 86.4 Å². The van der Waals surface area contributed by atoms with Crippen molar-refractivity contribution in [1.82, 2.24) is 9.97 Å². The standard InChI is InChI=1S/C24H26N2/c1-18(2)11-10-12-19(3)17-22-25-23(20-13-6-4-7-14-20)24(26-22)21-15-8-5-9-16-21/h4-9,11,13-17H,10,12H2,1-3H3,(H,25,26)/b19-17+. The summed E-state index contributed by atoms with van der Waals surface area (Å²) in [6.45, 7) is 6.46. The first-order valence-corrected chi connectivity index (χ1v) is 9.15. The van der Waals surface area contributed by atoms with Crippen LogP contribution in [0, 0.1) is 0 Å². The fourth-order valence-corrected chi connectivity index (χ4v) is 2.97. The van der Waals surface area contributed by atoms with Crippen molar-refractivity contribution in [2.24, 2.45) is 0 Å². The number of hydrogen-bond donors (Lipinski definition) is 1. The molecule has 0 saturated carbocycles. The van der Waals surface area contributed by atoms with Crippen LogP contribution < -0.4 is 0 Å². The molecule has 1 N–H and O–H groups in total. The van der Waals surface area contributed by atoms with E-state index in [-0.39, 0.29) is 0 Å². The molecule has 2 aromatic carbocycles. The molecule has 1 aromatic heterocycles. The Morgan fingerprint density at radius 2 is 1.50 bits per heavy atom. The van der Waals surface area contributed by atoms with E-state index in [9.17, 15) is 0 Å². The highest BCUT2D eigenvalue weighted by molar-refractivity contribution is 5.79. The zero-order chi connectivity index (χ0) is 18.4. The van der Waals surface area contributed by atoms with Crippen molar-refractivity contribution in [3.05, 3.63) is 83.7 Å². The largest absolute Gasteiger partial charge is 0.338 e. The highest BCUT2D eigenvalue weighted by Crippen LogP contribution is 2.30. The number of aromatic nitrogens is 2. The number of nitrogens with one attached hydrogen (secondary N) is 1. The smallest absolute Gasteiger partial charge is 0.131 e. The average molecular weight is 342 g/mol. The van der Waals surface area contributed by atoms with E-state index in [1.807, 2.05) is 12.1 Å². The quantitative estimate of drug-likeness (QED) is 0.485. The van der Waals surface area contributed by atoms with Gasteiger partial charge in [0, 0.05) is 11.1 Å². The molecule has 0 bridgehead atoms. The lowest BCUT2D eigenvalue weighted by atomic mass is 10.1. The Labute approximate surface area is 156 Å². The SMILES string of the molecule is CC(C)=CCC/C(C)=C/c1nc(-c2ccccc2)c(-c2ccccc2)[nH]1. The Hall–Kier alpha value is -2.87. The van der Waals surface area contributed by atoms with Crippen molar-refractivity contribution >= 4 is 6.08 Å². The summed E-state index contributed by atoms with van der Waals surface area (Å²) >= 11 is 0. The molecule has 3 aromatic rings. The van der Waals surface area contributed by atoms with Crippen LogP contribution in [0.5, 0.6) is 0 Å². The number of hydrogen-bond acceptors (Lipinski definition) is 1. The van der Waals surface area contributed by atoms with Crippen molar-refractivity contribution in [2.45, 2.75) is 33.6 Å². The summed E-state index contributed by atoms with van der Waals surface area (Å²) in [5.74, 6) is 0.914. The third-order valence-electron chi connectivity index (χ3n) is 4.31. The minimum atomic E-state index is 0.914. The number of nitrogens with zero attached hydrogens (tertiary/aromatic N) is 1. The highest BCUT2D eigenvalue weighted by Gasteiger charge is 2.12. The lowest BCUT2D eigenvalue weighted by Crippen LogP contribution is -1.82. The number of aromatic amines is 1. The van der Waals surface area contributed by atoms with Gasteiger partial charge in [-0.1, -0.05) is 77.9 Å². The lowest BCUT2D eigenvalue weighted by Gasteiger charge is -2.02. The predicted octanol–water partition coefficient (Wildman–Crippen LogP) is 6.89. The van der Waals surface area contributed by atoms with Gasteiger partial charge in [0.1, 0.15) is 5.82 Å². The molecule has 2 heteroatoms. The van der Waals surface area contributed by atoms with Crippen LogP contribution in [0.25, 0.3) is 28.6 Å². The molecule has 0 fully saturated rings. The molecule has 132 valence electrons. The van der Waals surface area contributed by atoms with Crippen molar-refractivity contribution in [1.29, 1.82) is 0 Å². The van der Waals surface area contributed by atoms with Crippen LogP contribution in [0.3, 0.4) is 0 Å². The molecular formula is C24H26N2. The molecule has 0 saturated heterocycles. The summed E-state index contributed by atoms with van der Waals surface area (Å²) in [4.78, 5) is 8.42. The van der Waals surface area contributed by atoms with Gasteiger partial charge in [-0.2, -0.15) is 0 Å². The normalized spacial score (nSPS) is 11.4. The van der Waals surface area contributed by atoms with Crippen molar-refractivity contribution < 1.29 is 0 Å². The van der Waals surface area contributed by atoms with Crippen molar-refractivity contribution in [3.8, 4) is 22.5 Å². The summed E-state index contributed by atoms with van der Waals surface area (Å²) in [5.41, 5.74) is 7.05. The van der Waals surface area contributed by atoms with Crippen LogP contribution in [0.1, 0.15) is 39.4 Å². The third-order valence-corrected chi connectivity index (χ3v) is 4.31. The molecular weight excluding hydrogens is 316 g/mol. The lowest BCUT2D eigenvalue weighted by molar-refractivity contribution is 0.972. The van der Waals surface area contributed by atoms with Crippen molar-refractivity contribution in [2.75, 3.05) is 0 Å². The van der Waals surface area contributed by atoms with E-state index in [0.717, 1.165) is 41.2 Å². The average Bonchev–Trinajstić information content (AvgIpc) is 3.06. The fourth-order valence-electron chi connectivity index (χ4n) is 2.97. The van der Waals surface area contributed by atoms with E-state index in [1.165, 1.54) is 11.1 Å². The van der Waals surface area contributed by atoms with E-state index >= 15 is 0 Å². The fraction of sp³-hybridized carbons (Fsp3) is 0.208. The van der Waals surface area contributed by atoms with E-state index in [4.69, 9.17) is 4.98 Å². The van der Waals surface area contributed by atoms with E-state index < -0.39 is 0 Å². The Balaban J connectivity index is 1.95. The highest BCUT2D eigenvalue weighted by atomic mass is 14.9. The molecule has 0 amide bonds.